The Morgan fingerprint density at radius 3 is 2.52 bits per heavy atom. The third-order valence-corrected chi connectivity index (χ3v) is 4.40. The molecule has 7 heteroatoms. The molecular formula is C18H15N3O3S. The van der Waals surface area contributed by atoms with E-state index >= 15 is 0 Å². The van der Waals surface area contributed by atoms with Crippen LogP contribution in [0.5, 0.6) is 0 Å². The zero-order chi connectivity index (χ0) is 17.8. The number of aromatic nitrogens is 2. The van der Waals surface area contributed by atoms with E-state index in [4.69, 9.17) is 0 Å². The van der Waals surface area contributed by atoms with Gasteiger partial charge in [0.25, 0.3) is 5.56 Å². The topological polar surface area (TPSA) is 81.1 Å². The molecular weight excluding hydrogens is 338 g/mol. The van der Waals surface area contributed by atoms with E-state index in [1.807, 2.05) is 17.5 Å². The lowest BCUT2D eigenvalue weighted by atomic mass is 10.1. The monoisotopic (exact) mass is 353 g/mol. The predicted molar refractivity (Wildman–Crippen MR) is 96.9 cm³/mol. The second-order valence-corrected chi connectivity index (χ2v) is 6.32. The van der Waals surface area contributed by atoms with Crippen molar-refractivity contribution in [3.8, 4) is 10.6 Å². The maximum atomic E-state index is 12.2. The number of benzene rings is 1. The van der Waals surface area contributed by atoms with E-state index in [1.165, 1.54) is 24.3 Å². The minimum Gasteiger partial charge on any atom is -0.324 e. The number of ketones is 1. The van der Waals surface area contributed by atoms with Crippen LogP contribution in [-0.2, 0) is 11.3 Å². The third-order valence-electron chi connectivity index (χ3n) is 3.51. The summed E-state index contributed by atoms with van der Waals surface area (Å²) < 4.78 is 1.13. The lowest BCUT2D eigenvalue weighted by Gasteiger charge is -2.08. The second-order valence-electron chi connectivity index (χ2n) is 5.37. The predicted octanol–water partition coefficient (Wildman–Crippen LogP) is 2.81. The van der Waals surface area contributed by atoms with E-state index in [2.05, 4.69) is 10.4 Å². The quantitative estimate of drug-likeness (QED) is 0.715. The van der Waals surface area contributed by atoms with Crippen LogP contribution in [0.25, 0.3) is 10.6 Å². The van der Waals surface area contributed by atoms with Gasteiger partial charge in [-0.1, -0.05) is 6.07 Å². The second kappa shape index (κ2) is 7.23. The van der Waals surface area contributed by atoms with Crippen molar-refractivity contribution < 1.29 is 9.59 Å². The van der Waals surface area contributed by atoms with Crippen molar-refractivity contribution in [1.29, 1.82) is 0 Å². The van der Waals surface area contributed by atoms with Gasteiger partial charge in [-0.15, -0.1) is 11.3 Å². The van der Waals surface area contributed by atoms with Crippen LogP contribution in [0.1, 0.15) is 17.3 Å². The van der Waals surface area contributed by atoms with Crippen LogP contribution in [0.4, 0.5) is 5.69 Å². The summed E-state index contributed by atoms with van der Waals surface area (Å²) in [5, 5.41) is 8.85. The summed E-state index contributed by atoms with van der Waals surface area (Å²) in [6, 6.07) is 13.4. The Balaban J connectivity index is 1.73. The summed E-state index contributed by atoms with van der Waals surface area (Å²) in [6.07, 6.45) is 0. The first-order chi connectivity index (χ1) is 12.0. The standard InChI is InChI=1S/C18H15N3O3S/c1-12(22)13-4-6-14(7-5-13)19-17(23)11-21-18(24)9-8-15(20-21)16-3-2-10-25-16/h2-10H,11H2,1H3,(H,19,23). The fourth-order valence-corrected chi connectivity index (χ4v) is 2.93. The molecule has 1 aromatic carbocycles. The van der Waals surface area contributed by atoms with E-state index in [-0.39, 0.29) is 23.8 Å². The van der Waals surface area contributed by atoms with E-state index in [9.17, 15) is 14.4 Å². The Morgan fingerprint density at radius 1 is 1.12 bits per heavy atom. The molecule has 3 rings (SSSR count). The van der Waals surface area contributed by atoms with Gasteiger partial charge < -0.3 is 5.32 Å². The normalized spacial score (nSPS) is 10.4. The number of hydrogen-bond acceptors (Lipinski definition) is 5. The Morgan fingerprint density at radius 2 is 1.88 bits per heavy atom. The molecule has 25 heavy (non-hydrogen) atoms. The lowest BCUT2D eigenvalue weighted by molar-refractivity contribution is -0.117. The first kappa shape index (κ1) is 16.8. The van der Waals surface area contributed by atoms with Gasteiger partial charge in [-0.25, -0.2) is 4.68 Å². The molecule has 0 radical (unpaired) electrons. The molecule has 0 bridgehead atoms. The molecule has 2 heterocycles. The summed E-state index contributed by atoms with van der Waals surface area (Å²) >= 11 is 1.51. The molecule has 0 saturated heterocycles. The Labute approximate surface area is 147 Å². The molecule has 0 aliphatic heterocycles. The van der Waals surface area contributed by atoms with E-state index in [0.29, 0.717) is 16.9 Å². The van der Waals surface area contributed by atoms with Crippen molar-refractivity contribution in [3.63, 3.8) is 0 Å². The Bertz CT molecular complexity index is 960. The fourth-order valence-electron chi connectivity index (χ4n) is 2.24. The van der Waals surface area contributed by atoms with Gasteiger partial charge in [0, 0.05) is 17.3 Å². The van der Waals surface area contributed by atoms with Crippen molar-refractivity contribution in [2.24, 2.45) is 0 Å². The summed E-state index contributed by atoms with van der Waals surface area (Å²) in [6.45, 7) is 1.29. The van der Waals surface area contributed by atoms with Crippen molar-refractivity contribution in [2.75, 3.05) is 5.32 Å². The molecule has 6 nitrogen and oxygen atoms in total. The van der Waals surface area contributed by atoms with Gasteiger partial charge in [0.1, 0.15) is 12.2 Å². The third kappa shape index (κ3) is 4.07. The van der Waals surface area contributed by atoms with E-state index in [0.717, 1.165) is 9.56 Å². The number of rotatable bonds is 5. The van der Waals surface area contributed by atoms with Gasteiger partial charge in [-0.3, -0.25) is 14.4 Å². The fraction of sp³-hybridized carbons (Fsp3) is 0.111. The molecule has 0 atom stereocenters. The number of nitrogens with zero attached hydrogens (tertiary/aromatic N) is 2. The van der Waals surface area contributed by atoms with Gasteiger partial charge in [0.05, 0.1) is 4.88 Å². The van der Waals surface area contributed by atoms with E-state index in [1.54, 1.807) is 30.3 Å². The van der Waals surface area contributed by atoms with Crippen LogP contribution >= 0.6 is 11.3 Å². The number of anilines is 1. The number of carbonyl (C=O) groups excluding carboxylic acids is 2. The van der Waals surface area contributed by atoms with Crippen LogP contribution < -0.4 is 10.9 Å². The van der Waals surface area contributed by atoms with Gasteiger partial charge >= 0.3 is 0 Å². The van der Waals surface area contributed by atoms with Gasteiger partial charge in [0.2, 0.25) is 5.91 Å². The van der Waals surface area contributed by atoms with Gasteiger partial charge in [0.15, 0.2) is 5.78 Å². The molecule has 2 aromatic heterocycles. The molecule has 0 unspecified atom stereocenters. The summed E-state index contributed by atoms with van der Waals surface area (Å²) in [5.74, 6) is -0.410. The lowest BCUT2D eigenvalue weighted by Crippen LogP contribution is -2.29. The summed E-state index contributed by atoms with van der Waals surface area (Å²) in [7, 11) is 0. The smallest absolute Gasteiger partial charge is 0.267 e. The number of carbonyl (C=O) groups is 2. The van der Waals surface area contributed by atoms with Crippen LogP contribution in [0.3, 0.4) is 0 Å². The maximum absolute atomic E-state index is 12.2. The number of Topliss-reactive ketones (excluding diaryl/α,β-unsaturated/α-hetero) is 1. The SMILES string of the molecule is CC(=O)c1ccc(NC(=O)Cn2nc(-c3cccs3)ccc2=O)cc1. The highest BCUT2D eigenvalue weighted by molar-refractivity contribution is 7.13. The highest BCUT2D eigenvalue weighted by Gasteiger charge is 2.09. The van der Waals surface area contributed by atoms with Gasteiger partial charge in [-0.05, 0) is 48.7 Å². The highest BCUT2D eigenvalue weighted by Crippen LogP contribution is 2.21. The number of thiophene rings is 1. The zero-order valence-electron chi connectivity index (χ0n) is 13.4. The minimum absolute atomic E-state index is 0.0426. The molecule has 1 amide bonds. The number of hydrogen-bond donors (Lipinski definition) is 1. The zero-order valence-corrected chi connectivity index (χ0v) is 14.2. The van der Waals surface area contributed by atoms with E-state index < -0.39 is 0 Å². The van der Waals surface area contributed by atoms with Gasteiger partial charge in [-0.2, -0.15) is 5.10 Å². The average molecular weight is 353 g/mol. The minimum atomic E-state index is -0.367. The maximum Gasteiger partial charge on any atom is 0.267 e. The van der Waals surface area contributed by atoms with Crippen LogP contribution in [0, 0.1) is 0 Å². The number of amides is 1. The Kier molecular flexibility index (Phi) is 4.85. The molecule has 126 valence electrons. The van der Waals surface area contributed by atoms with Crippen LogP contribution in [-0.4, -0.2) is 21.5 Å². The molecule has 0 spiro atoms. The highest BCUT2D eigenvalue weighted by atomic mass is 32.1. The largest absolute Gasteiger partial charge is 0.324 e. The van der Waals surface area contributed by atoms with Crippen molar-refractivity contribution in [2.45, 2.75) is 13.5 Å². The first-order valence-corrected chi connectivity index (χ1v) is 8.44. The molecule has 0 saturated carbocycles. The first-order valence-electron chi connectivity index (χ1n) is 7.56. The summed E-state index contributed by atoms with van der Waals surface area (Å²) in [5.41, 5.74) is 1.42. The van der Waals surface area contributed by atoms with Crippen molar-refractivity contribution in [3.05, 3.63) is 69.8 Å². The molecule has 0 aliphatic rings. The molecule has 1 N–H and O–H groups in total. The molecule has 3 aromatic rings. The van der Waals surface area contributed by atoms with Crippen molar-refractivity contribution >= 4 is 28.7 Å². The summed E-state index contributed by atoms with van der Waals surface area (Å²) in [4.78, 5) is 36.3. The molecule has 0 aliphatic carbocycles. The number of nitrogens with one attached hydrogen (secondary N) is 1. The van der Waals surface area contributed by atoms with Crippen LogP contribution in [0.2, 0.25) is 0 Å². The van der Waals surface area contributed by atoms with Crippen LogP contribution in [0.15, 0.2) is 58.7 Å². The average Bonchev–Trinajstić information content (AvgIpc) is 3.12. The Hall–Kier alpha value is -3.06. The molecule has 0 fully saturated rings. The van der Waals surface area contributed by atoms with Crippen molar-refractivity contribution in [1.82, 2.24) is 9.78 Å².